The van der Waals surface area contributed by atoms with E-state index in [9.17, 15) is 4.79 Å². The number of hydrogen-bond donors (Lipinski definition) is 0. The molecule has 19 heavy (non-hydrogen) atoms. The van der Waals surface area contributed by atoms with Gasteiger partial charge < -0.3 is 9.47 Å². The third kappa shape index (κ3) is 5.70. The Morgan fingerprint density at radius 2 is 2.00 bits per heavy atom. The van der Waals surface area contributed by atoms with Gasteiger partial charge in [0.2, 0.25) is 0 Å². The lowest BCUT2D eigenvalue weighted by Crippen LogP contribution is -2.24. The number of hydrogen-bond acceptors (Lipinski definition) is 5. The van der Waals surface area contributed by atoms with Crippen LogP contribution in [0.2, 0.25) is 0 Å². The summed E-state index contributed by atoms with van der Waals surface area (Å²) in [6, 6.07) is 0. The molecule has 5 heteroatoms. The second kappa shape index (κ2) is 7.60. The lowest BCUT2D eigenvalue weighted by molar-refractivity contribution is -0.157. The molecule has 1 aromatic rings. The van der Waals surface area contributed by atoms with Crippen molar-refractivity contribution in [2.45, 2.75) is 53.8 Å². The zero-order chi connectivity index (χ0) is 14.4. The van der Waals surface area contributed by atoms with Crippen molar-refractivity contribution >= 4 is 17.3 Å². The van der Waals surface area contributed by atoms with Gasteiger partial charge in [-0.1, -0.05) is 13.8 Å². The van der Waals surface area contributed by atoms with E-state index >= 15 is 0 Å². The predicted octanol–water partition coefficient (Wildman–Crippen LogP) is 3.25. The van der Waals surface area contributed by atoms with Crippen molar-refractivity contribution in [3.05, 3.63) is 15.6 Å². The SMILES string of the molecule is Cc1nc(C)c(COC(=O)C(C)OCCC(C)C)s1. The van der Waals surface area contributed by atoms with Crippen molar-refractivity contribution in [3.63, 3.8) is 0 Å². The molecule has 1 heterocycles. The average molecular weight is 285 g/mol. The zero-order valence-corrected chi connectivity index (χ0v) is 13.2. The van der Waals surface area contributed by atoms with Gasteiger partial charge in [-0.3, -0.25) is 0 Å². The fourth-order valence-electron chi connectivity index (χ4n) is 1.51. The first kappa shape index (κ1) is 16.1. The first-order valence-corrected chi connectivity index (χ1v) is 7.43. The molecule has 0 N–H and O–H groups in total. The molecule has 0 aliphatic rings. The van der Waals surface area contributed by atoms with Crippen LogP contribution in [0, 0.1) is 19.8 Å². The van der Waals surface area contributed by atoms with Crippen molar-refractivity contribution in [3.8, 4) is 0 Å². The van der Waals surface area contributed by atoms with E-state index in [2.05, 4.69) is 18.8 Å². The summed E-state index contributed by atoms with van der Waals surface area (Å²) in [5.74, 6) is 0.264. The average Bonchev–Trinajstić information content (AvgIpc) is 2.64. The maximum Gasteiger partial charge on any atom is 0.335 e. The summed E-state index contributed by atoms with van der Waals surface area (Å²) >= 11 is 1.56. The van der Waals surface area contributed by atoms with Crippen molar-refractivity contribution in [1.82, 2.24) is 4.98 Å². The molecular weight excluding hydrogens is 262 g/mol. The highest BCUT2D eigenvalue weighted by Crippen LogP contribution is 2.18. The van der Waals surface area contributed by atoms with Crippen LogP contribution in [0.3, 0.4) is 0 Å². The van der Waals surface area contributed by atoms with Gasteiger partial charge >= 0.3 is 5.97 Å². The maximum absolute atomic E-state index is 11.7. The van der Waals surface area contributed by atoms with Crippen LogP contribution in [0.25, 0.3) is 0 Å². The Bertz CT molecular complexity index is 415. The van der Waals surface area contributed by atoms with Crippen molar-refractivity contribution < 1.29 is 14.3 Å². The Labute approximate surface area is 119 Å². The fourth-order valence-corrected chi connectivity index (χ4v) is 2.36. The lowest BCUT2D eigenvalue weighted by atomic mass is 10.1. The van der Waals surface area contributed by atoms with E-state index in [1.165, 1.54) is 0 Å². The number of carbonyl (C=O) groups is 1. The normalized spacial score (nSPS) is 12.7. The van der Waals surface area contributed by atoms with Crippen LogP contribution in [0.15, 0.2) is 0 Å². The Balaban J connectivity index is 2.32. The number of thiazole rings is 1. The van der Waals surface area contributed by atoms with Crippen LogP contribution in [0.1, 0.15) is 42.8 Å². The summed E-state index contributed by atoms with van der Waals surface area (Å²) < 4.78 is 10.7. The molecule has 0 radical (unpaired) electrons. The number of carbonyl (C=O) groups excluding carboxylic acids is 1. The van der Waals surface area contributed by atoms with Gasteiger partial charge in [-0.25, -0.2) is 9.78 Å². The van der Waals surface area contributed by atoms with Crippen LogP contribution in [-0.4, -0.2) is 23.7 Å². The molecule has 0 saturated carbocycles. The Morgan fingerprint density at radius 3 is 2.53 bits per heavy atom. The largest absolute Gasteiger partial charge is 0.458 e. The molecule has 1 unspecified atom stereocenters. The van der Waals surface area contributed by atoms with E-state index in [0.29, 0.717) is 12.5 Å². The molecule has 0 saturated heterocycles. The minimum absolute atomic E-state index is 0.286. The first-order valence-electron chi connectivity index (χ1n) is 6.61. The number of aryl methyl sites for hydroxylation is 2. The monoisotopic (exact) mass is 285 g/mol. The summed E-state index contributed by atoms with van der Waals surface area (Å²) in [5, 5.41) is 0.991. The molecule has 0 aliphatic heterocycles. The summed E-state index contributed by atoms with van der Waals surface area (Å²) in [5.41, 5.74) is 0.934. The molecule has 1 rings (SSSR count). The molecule has 108 valence electrons. The molecule has 0 amide bonds. The topological polar surface area (TPSA) is 48.4 Å². The Kier molecular flexibility index (Phi) is 6.45. The maximum atomic E-state index is 11.7. The zero-order valence-electron chi connectivity index (χ0n) is 12.4. The quantitative estimate of drug-likeness (QED) is 0.722. The van der Waals surface area contributed by atoms with Gasteiger partial charge in [0.05, 0.1) is 15.6 Å². The summed E-state index contributed by atoms with van der Waals surface area (Å²) in [6.45, 7) is 10.7. The number of aromatic nitrogens is 1. The van der Waals surface area contributed by atoms with Gasteiger partial charge in [-0.05, 0) is 33.1 Å². The van der Waals surface area contributed by atoms with Crippen molar-refractivity contribution in [1.29, 1.82) is 0 Å². The third-order valence-corrected chi connectivity index (χ3v) is 3.79. The van der Waals surface area contributed by atoms with E-state index in [0.717, 1.165) is 22.0 Å². The number of nitrogens with zero attached hydrogens (tertiary/aromatic N) is 1. The Hall–Kier alpha value is -0.940. The smallest absolute Gasteiger partial charge is 0.335 e. The van der Waals surface area contributed by atoms with E-state index in [1.807, 2.05) is 13.8 Å². The standard InChI is InChI=1S/C14H23NO3S/c1-9(2)6-7-17-11(4)14(16)18-8-13-10(3)15-12(5)19-13/h9,11H,6-8H2,1-5H3. The van der Waals surface area contributed by atoms with Gasteiger partial charge in [0.15, 0.2) is 6.10 Å². The minimum Gasteiger partial charge on any atom is -0.458 e. The molecule has 0 aliphatic carbocycles. The van der Waals surface area contributed by atoms with Gasteiger partial charge in [0.25, 0.3) is 0 Å². The highest BCUT2D eigenvalue weighted by molar-refractivity contribution is 7.11. The molecule has 1 atom stereocenters. The molecule has 4 nitrogen and oxygen atoms in total. The van der Waals surface area contributed by atoms with Crippen molar-refractivity contribution in [2.24, 2.45) is 5.92 Å². The highest BCUT2D eigenvalue weighted by Gasteiger charge is 2.16. The fraction of sp³-hybridized carbons (Fsp3) is 0.714. The summed E-state index contributed by atoms with van der Waals surface area (Å²) in [7, 11) is 0. The molecule has 0 aromatic carbocycles. The van der Waals surface area contributed by atoms with E-state index in [-0.39, 0.29) is 12.6 Å². The Morgan fingerprint density at radius 1 is 1.32 bits per heavy atom. The van der Waals surface area contributed by atoms with Crippen molar-refractivity contribution in [2.75, 3.05) is 6.61 Å². The summed E-state index contributed by atoms with van der Waals surface area (Å²) in [4.78, 5) is 17.0. The van der Waals surface area contributed by atoms with Gasteiger partial charge in [-0.2, -0.15) is 0 Å². The van der Waals surface area contributed by atoms with Crippen LogP contribution in [0.5, 0.6) is 0 Å². The minimum atomic E-state index is -0.506. The van der Waals surface area contributed by atoms with Crippen LogP contribution in [0.4, 0.5) is 0 Å². The number of rotatable bonds is 7. The highest BCUT2D eigenvalue weighted by atomic mass is 32.1. The van der Waals surface area contributed by atoms with Gasteiger partial charge in [0.1, 0.15) is 6.61 Å². The first-order chi connectivity index (χ1) is 8.90. The van der Waals surface area contributed by atoms with E-state index in [4.69, 9.17) is 9.47 Å². The number of ether oxygens (including phenoxy) is 2. The van der Waals surface area contributed by atoms with Crippen LogP contribution < -0.4 is 0 Å². The van der Waals surface area contributed by atoms with Crippen LogP contribution >= 0.6 is 11.3 Å². The van der Waals surface area contributed by atoms with Gasteiger partial charge in [0, 0.05) is 6.61 Å². The van der Waals surface area contributed by atoms with E-state index in [1.54, 1.807) is 18.3 Å². The second-order valence-corrected chi connectivity index (χ2v) is 6.33. The lowest BCUT2D eigenvalue weighted by Gasteiger charge is -2.13. The molecule has 0 fully saturated rings. The predicted molar refractivity (Wildman–Crippen MR) is 76.3 cm³/mol. The second-order valence-electron chi connectivity index (χ2n) is 5.04. The molecular formula is C14H23NO3S. The number of esters is 1. The third-order valence-electron chi connectivity index (χ3n) is 2.74. The van der Waals surface area contributed by atoms with E-state index < -0.39 is 6.10 Å². The summed E-state index contributed by atoms with van der Waals surface area (Å²) in [6.07, 6.45) is 0.443. The molecule has 1 aromatic heterocycles. The van der Waals surface area contributed by atoms with Crippen LogP contribution in [-0.2, 0) is 20.9 Å². The van der Waals surface area contributed by atoms with Gasteiger partial charge in [-0.15, -0.1) is 11.3 Å². The molecule has 0 spiro atoms. The molecule has 0 bridgehead atoms.